The number of phenols is 1. The second-order valence-corrected chi connectivity index (χ2v) is 2.51. The van der Waals surface area contributed by atoms with E-state index in [9.17, 15) is 4.39 Å². The highest BCUT2D eigenvalue weighted by Gasteiger charge is 2.04. The number of rotatable bonds is 0. The largest absolute Gasteiger partial charge is 0.506 e. The molecule has 1 N–H and O–H groups in total. The number of phenolic OH excluding ortho intramolecular Hbond substituents is 1. The third kappa shape index (κ3) is 1.33. The van der Waals surface area contributed by atoms with Crippen molar-refractivity contribution >= 4 is 23.2 Å². The number of benzene rings is 1. The van der Waals surface area contributed by atoms with Gasteiger partial charge in [0.05, 0.1) is 5.02 Å². The van der Waals surface area contributed by atoms with Gasteiger partial charge in [0.2, 0.25) is 0 Å². The maximum Gasteiger partial charge on any atom is 0.138 e. The molecule has 0 saturated heterocycles. The van der Waals surface area contributed by atoms with E-state index in [4.69, 9.17) is 28.3 Å². The van der Waals surface area contributed by atoms with Gasteiger partial charge >= 0.3 is 0 Å². The summed E-state index contributed by atoms with van der Waals surface area (Å²) in [6.45, 7) is 0. The Labute approximate surface area is 67.0 Å². The van der Waals surface area contributed by atoms with E-state index in [1.165, 1.54) is 0 Å². The van der Waals surface area contributed by atoms with Crippen LogP contribution in [-0.2, 0) is 0 Å². The van der Waals surface area contributed by atoms with E-state index < -0.39 is 5.82 Å². The number of aromatic hydroxyl groups is 1. The van der Waals surface area contributed by atoms with Crippen LogP contribution in [0.25, 0.3) is 0 Å². The Morgan fingerprint density at radius 1 is 1.30 bits per heavy atom. The molecular formula is C6H3Cl2FO. The quantitative estimate of drug-likeness (QED) is 0.610. The molecule has 0 aliphatic rings. The van der Waals surface area contributed by atoms with Crippen LogP contribution in [0, 0.1) is 5.82 Å². The molecule has 0 saturated carbocycles. The van der Waals surface area contributed by atoms with E-state index in [0.29, 0.717) is 0 Å². The number of hydrogen-bond donors (Lipinski definition) is 1. The Kier molecular flexibility index (Phi) is 2.02. The van der Waals surface area contributed by atoms with Crippen LogP contribution < -0.4 is 0 Å². The van der Waals surface area contributed by atoms with E-state index in [0.717, 1.165) is 12.1 Å². The summed E-state index contributed by atoms with van der Waals surface area (Å²) in [5.41, 5.74) is 0. The highest BCUT2D eigenvalue weighted by molar-refractivity contribution is 6.42. The van der Waals surface area contributed by atoms with Gasteiger partial charge < -0.3 is 5.11 Å². The van der Waals surface area contributed by atoms with Crippen molar-refractivity contribution in [1.29, 1.82) is 0 Å². The van der Waals surface area contributed by atoms with Gasteiger partial charge in [-0.25, -0.2) is 4.39 Å². The summed E-state index contributed by atoms with van der Waals surface area (Å²) in [5, 5.41) is 8.81. The van der Waals surface area contributed by atoms with Crippen molar-refractivity contribution in [2.45, 2.75) is 0 Å². The highest BCUT2D eigenvalue weighted by Crippen LogP contribution is 2.31. The fourth-order valence-corrected chi connectivity index (χ4v) is 0.853. The Bertz CT molecular complexity index is 239. The van der Waals surface area contributed by atoms with Crippen LogP contribution in [0.4, 0.5) is 4.39 Å². The molecule has 1 rings (SSSR count). The molecule has 1 aromatic carbocycles. The predicted octanol–water partition coefficient (Wildman–Crippen LogP) is 2.84. The van der Waals surface area contributed by atoms with Gasteiger partial charge in [-0.2, -0.15) is 0 Å². The number of halogens is 3. The summed E-state index contributed by atoms with van der Waals surface area (Å²) in [7, 11) is 0. The summed E-state index contributed by atoms with van der Waals surface area (Å²) in [5.74, 6) is -0.946. The summed E-state index contributed by atoms with van der Waals surface area (Å²) < 4.78 is 12.3. The van der Waals surface area contributed by atoms with E-state index in [1.807, 2.05) is 0 Å². The predicted molar refractivity (Wildman–Crippen MR) is 38.1 cm³/mol. The third-order valence-corrected chi connectivity index (χ3v) is 1.77. The van der Waals surface area contributed by atoms with Crippen molar-refractivity contribution < 1.29 is 9.50 Å². The first-order valence-corrected chi connectivity index (χ1v) is 3.20. The van der Waals surface area contributed by atoms with Gasteiger partial charge in [0, 0.05) is 6.07 Å². The van der Waals surface area contributed by atoms with Crippen molar-refractivity contribution in [3.63, 3.8) is 0 Å². The standard InChI is InChI=1S/C6H3Cl2FO/c7-4-1-3(9)2-5(10)6(4)8/h1-2,10H. The van der Waals surface area contributed by atoms with Crippen molar-refractivity contribution in [1.82, 2.24) is 0 Å². The Morgan fingerprint density at radius 2 is 1.90 bits per heavy atom. The monoisotopic (exact) mass is 180 g/mol. The average Bonchev–Trinajstić information content (AvgIpc) is 1.82. The summed E-state index contributed by atoms with van der Waals surface area (Å²) in [4.78, 5) is 0. The molecule has 0 amide bonds. The van der Waals surface area contributed by atoms with Crippen LogP contribution in [0.5, 0.6) is 5.75 Å². The highest BCUT2D eigenvalue weighted by atomic mass is 35.5. The van der Waals surface area contributed by atoms with Gasteiger partial charge in [0.1, 0.15) is 16.6 Å². The average molecular weight is 181 g/mol. The maximum absolute atomic E-state index is 12.3. The van der Waals surface area contributed by atoms with Crippen molar-refractivity contribution in [2.24, 2.45) is 0 Å². The van der Waals surface area contributed by atoms with Crippen LogP contribution in [0.15, 0.2) is 12.1 Å². The molecular weight excluding hydrogens is 178 g/mol. The molecule has 54 valence electrons. The van der Waals surface area contributed by atoms with Crippen LogP contribution in [-0.4, -0.2) is 5.11 Å². The lowest BCUT2D eigenvalue weighted by molar-refractivity contribution is 0.469. The molecule has 1 nitrogen and oxygen atoms in total. The van der Waals surface area contributed by atoms with Gasteiger partial charge in [0.25, 0.3) is 0 Å². The fourth-order valence-electron chi connectivity index (χ4n) is 0.542. The topological polar surface area (TPSA) is 20.2 Å². The van der Waals surface area contributed by atoms with Crippen molar-refractivity contribution in [3.8, 4) is 5.75 Å². The van der Waals surface area contributed by atoms with Gasteiger partial charge in [0.15, 0.2) is 0 Å². The Balaban J connectivity index is 3.31. The minimum atomic E-state index is -0.605. The molecule has 0 radical (unpaired) electrons. The van der Waals surface area contributed by atoms with E-state index >= 15 is 0 Å². The molecule has 0 unspecified atom stereocenters. The fraction of sp³-hybridized carbons (Fsp3) is 0. The summed E-state index contributed by atoms with van der Waals surface area (Å²) in [6.07, 6.45) is 0. The first-order chi connectivity index (χ1) is 4.61. The zero-order valence-corrected chi connectivity index (χ0v) is 6.25. The van der Waals surface area contributed by atoms with Gasteiger partial charge in [-0.1, -0.05) is 23.2 Å². The van der Waals surface area contributed by atoms with Crippen molar-refractivity contribution in [3.05, 3.63) is 28.0 Å². The van der Waals surface area contributed by atoms with Gasteiger partial charge in [-0.15, -0.1) is 0 Å². The number of hydrogen-bond acceptors (Lipinski definition) is 1. The van der Waals surface area contributed by atoms with E-state index in [2.05, 4.69) is 0 Å². The normalized spacial score (nSPS) is 9.90. The van der Waals surface area contributed by atoms with Crippen LogP contribution in [0.1, 0.15) is 0 Å². The molecule has 0 heterocycles. The van der Waals surface area contributed by atoms with E-state index in [1.54, 1.807) is 0 Å². The molecule has 0 spiro atoms. The third-order valence-electron chi connectivity index (χ3n) is 0.974. The zero-order chi connectivity index (χ0) is 7.72. The van der Waals surface area contributed by atoms with Gasteiger partial charge in [-0.05, 0) is 6.07 Å². The van der Waals surface area contributed by atoms with Gasteiger partial charge in [-0.3, -0.25) is 0 Å². The molecule has 0 fully saturated rings. The minimum Gasteiger partial charge on any atom is -0.506 e. The lowest BCUT2D eigenvalue weighted by atomic mass is 10.3. The first-order valence-electron chi connectivity index (χ1n) is 2.45. The summed E-state index contributed by atoms with van der Waals surface area (Å²) in [6, 6.07) is 1.93. The van der Waals surface area contributed by atoms with Crippen LogP contribution in [0.3, 0.4) is 0 Å². The second-order valence-electron chi connectivity index (χ2n) is 1.72. The van der Waals surface area contributed by atoms with Crippen LogP contribution >= 0.6 is 23.2 Å². The first kappa shape index (κ1) is 7.63. The molecule has 0 bridgehead atoms. The summed E-state index contributed by atoms with van der Waals surface area (Å²) >= 11 is 10.8. The maximum atomic E-state index is 12.3. The van der Waals surface area contributed by atoms with Crippen LogP contribution in [0.2, 0.25) is 10.0 Å². The van der Waals surface area contributed by atoms with Crippen molar-refractivity contribution in [2.75, 3.05) is 0 Å². The molecule has 0 aliphatic carbocycles. The molecule has 10 heavy (non-hydrogen) atoms. The Hall–Kier alpha value is -0.470. The molecule has 0 aliphatic heterocycles. The lowest BCUT2D eigenvalue weighted by Gasteiger charge is -1.97. The van der Waals surface area contributed by atoms with E-state index in [-0.39, 0.29) is 15.8 Å². The molecule has 0 aromatic heterocycles. The zero-order valence-electron chi connectivity index (χ0n) is 4.74. The lowest BCUT2D eigenvalue weighted by Crippen LogP contribution is -1.75. The SMILES string of the molecule is Oc1cc(F)cc(Cl)c1Cl. The minimum absolute atomic E-state index is 0.0131. The molecule has 4 heteroatoms. The smallest absolute Gasteiger partial charge is 0.138 e. The molecule has 0 atom stereocenters. The Morgan fingerprint density at radius 3 is 2.40 bits per heavy atom. The molecule has 1 aromatic rings. The second kappa shape index (κ2) is 2.64.